The Bertz CT molecular complexity index is 514. The van der Waals surface area contributed by atoms with Gasteiger partial charge >= 0.3 is 0 Å². The zero-order chi connectivity index (χ0) is 14.6. The maximum absolute atomic E-state index is 5.78. The van der Waals surface area contributed by atoms with Crippen LogP contribution in [0.2, 0.25) is 0 Å². The van der Waals surface area contributed by atoms with E-state index in [1.165, 1.54) is 10.4 Å². The molecule has 108 valence electrons. The van der Waals surface area contributed by atoms with Crippen molar-refractivity contribution < 1.29 is 0 Å². The van der Waals surface area contributed by atoms with Crippen LogP contribution >= 0.6 is 11.3 Å². The molecule has 0 spiro atoms. The topological polar surface area (TPSA) is 29.3 Å². The van der Waals surface area contributed by atoms with E-state index in [0.717, 1.165) is 25.3 Å². The third kappa shape index (κ3) is 3.84. The normalized spacial score (nSPS) is 12.0. The predicted molar refractivity (Wildman–Crippen MR) is 89.2 cm³/mol. The van der Waals surface area contributed by atoms with Crippen molar-refractivity contribution in [3.63, 3.8) is 0 Å². The third-order valence-electron chi connectivity index (χ3n) is 3.72. The van der Waals surface area contributed by atoms with Gasteiger partial charge in [-0.2, -0.15) is 0 Å². The van der Waals surface area contributed by atoms with Crippen LogP contribution in [0.5, 0.6) is 0 Å². The van der Waals surface area contributed by atoms with Crippen molar-refractivity contribution >= 4 is 17.0 Å². The summed E-state index contributed by atoms with van der Waals surface area (Å²) in [6, 6.07) is 12.6. The van der Waals surface area contributed by atoms with Crippen LogP contribution in [0.3, 0.4) is 0 Å². The lowest BCUT2D eigenvalue weighted by atomic mass is 9.84. The summed E-state index contributed by atoms with van der Waals surface area (Å²) in [5.41, 5.74) is 8.08. The van der Waals surface area contributed by atoms with Crippen LogP contribution in [0.25, 0.3) is 0 Å². The Balaban J connectivity index is 2.06. The number of hydrogen-bond acceptors (Lipinski definition) is 3. The number of benzene rings is 1. The quantitative estimate of drug-likeness (QED) is 0.810. The molecule has 2 rings (SSSR count). The maximum Gasteiger partial charge on any atom is 0.0328 e. The first kappa shape index (κ1) is 15.1. The lowest BCUT2D eigenvalue weighted by molar-refractivity contribution is 0.228. The fourth-order valence-corrected chi connectivity index (χ4v) is 3.23. The van der Waals surface area contributed by atoms with E-state index in [1.54, 1.807) is 0 Å². The smallest absolute Gasteiger partial charge is 0.0328 e. The molecular formula is C17H24N2S. The van der Waals surface area contributed by atoms with Crippen LogP contribution in [0, 0.1) is 0 Å². The number of nitrogens with zero attached hydrogens (tertiary/aromatic N) is 1. The largest absolute Gasteiger partial charge is 0.399 e. The number of nitrogens with two attached hydrogens (primary N) is 1. The van der Waals surface area contributed by atoms with Crippen LogP contribution < -0.4 is 5.73 Å². The molecule has 0 fully saturated rings. The van der Waals surface area contributed by atoms with Crippen LogP contribution in [0.1, 0.15) is 31.2 Å². The van der Waals surface area contributed by atoms with Gasteiger partial charge in [0.25, 0.3) is 0 Å². The molecule has 0 unspecified atom stereocenters. The zero-order valence-electron chi connectivity index (χ0n) is 12.6. The van der Waals surface area contributed by atoms with Crippen molar-refractivity contribution in [3.05, 3.63) is 52.2 Å². The minimum atomic E-state index is 0.126. The van der Waals surface area contributed by atoms with Gasteiger partial charge in [0, 0.05) is 29.1 Å². The average molecular weight is 288 g/mol. The molecule has 0 atom stereocenters. The summed E-state index contributed by atoms with van der Waals surface area (Å²) in [6.45, 7) is 9.98. The molecule has 0 aliphatic rings. The number of likely N-dealkylation sites (N-methyl/N-ethyl adjacent to an activating group) is 1. The SMILES string of the molecule is CCN(Cc1cccs1)CC(C)(C)c1ccc(N)cc1. The van der Waals surface area contributed by atoms with E-state index in [-0.39, 0.29) is 5.41 Å². The van der Waals surface area contributed by atoms with E-state index >= 15 is 0 Å². The maximum atomic E-state index is 5.78. The number of rotatable bonds is 6. The first-order valence-electron chi connectivity index (χ1n) is 7.12. The monoisotopic (exact) mass is 288 g/mol. The number of anilines is 1. The highest BCUT2D eigenvalue weighted by atomic mass is 32.1. The molecule has 0 amide bonds. The fourth-order valence-electron chi connectivity index (χ4n) is 2.49. The van der Waals surface area contributed by atoms with Gasteiger partial charge in [-0.1, -0.05) is 39.0 Å². The molecule has 1 aromatic carbocycles. The van der Waals surface area contributed by atoms with Gasteiger partial charge < -0.3 is 5.73 Å². The van der Waals surface area contributed by atoms with Crippen molar-refractivity contribution in [1.29, 1.82) is 0 Å². The Morgan fingerprint density at radius 2 is 1.85 bits per heavy atom. The van der Waals surface area contributed by atoms with Crippen LogP contribution in [0.4, 0.5) is 5.69 Å². The average Bonchev–Trinajstić information content (AvgIpc) is 2.91. The fraction of sp³-hybridized carbons (Fsp3) is 0.412. The second-order valence-corrected chi connectivity index (χ2v) is 6.92. The molecule has 20 heavy (non-hydrogen) atoms. The molecule has 0 radical (unpaired) electrons. The molecular weight excluding hydrogens is 264 g/mol. The lowest BCUT2D eigenvalue weighted by Gasteiger charge is -2.32. The van der Waals surface area contributed by atoms with Crippen LogP contribution in [-0.4, -0.2) is 18.0 Å². The zero-order valence-corrected chi connectivity index (χ0v) is 13.4. The Hall–Kier alpha value is -1.32. The van der Waals surface area contributed by atoms with E-state index in [9.17, 15) is 0 Å². The lowest BCUT2D eigenvalue weighted by Crippen LogP contribution is -2.36. The molecule has 0 saturated heterocycles. The first-order chi connectivity index (χ1) is 9.51. The molecule has 2 aromatic rings. The molecule has 0 saturated carbocycles. The number of thiophene rings is 1. The summed E-state index contributed by atoms with van der Waals surface area (Å²) >= 11 is 1.83. The van der Waals surface area contributed by atoms with Gasteiger partial charge in [-0.3, -0.25) is 4.90 Å². The van der Waals surface area contributed by atoms with Gasteiger partial charge in [0.1, 0.15) is 0 Å². The van der Waals surface area contributed by atoms with E-state index in [0.29, 0.717) is 0 Å². The third-order valence-corrected chi connectivity index (χ3v) is 4.58. The van der Waals surface area contributed by atoms with Crippen molar-refractivity contribution in [3.8, 4) is 0 Å². The predicted octanol–water partition coefficient (Wildman–Crippen LogP) is 4.13. The summed E-state index contributed by atoms with van der Waals surface area (Å²) in [4.78, 5) is 3.93. The van der Waals surface area contributed by atoms with E-state index in [1.807, 2.05) is 23.5 Å². The van der Waals surface area contributed by atoms with E-state index in [4.69, 9.17) is 5.73 Å². The van der Waals surface area contributed by atoms with Crippen molar-refractivity contribution in [2.75, 3.05) is 18.8 Å². The highest BCUT2D eigenvalue weighted by Crippen LogP contribution is 2.26. The van der Waals surface area contributed by atoms with Gasteiger partial charge in [-0.15, -0.1) is 11.3 Å². The van der Waals surface area contributed by atoms with E-state index in [2.05, 4.69) is 55.3 Å². The molecule has 3 heteroatoms. The Labute approximate surface area is 126 Å². The summed E-state index contributed by atoms with van der Waals surface area (Å²) in [7, 11) is 0. The first-order valence-corrected chi connectivity index (χ1v) is 8.00. The van der Waals surface area contributed by atoms with Crippen LogP contribution in [-0.2, 0) is 12.0 Å². The van der Waals surface area contributed by atoms with Gasteiger partial charge in [0.15, 0.2) is 0 Å². The van der Waals surface area contributed by atoms with Gasteiger partial charge in [0.05, 0.1) is 0 Å². The number of hydrogen-bond donors (Lipinski definition) is 1. The standard InChI is InChI=1S/C17H24N2S/c1-4-19(12-16-6-5-11-20-16)13-17(2,3)14-7-9-15(18)10-8-14/h5-11H,4,12-13,18H2,1-3H3. The summed E-state index contributed by atoms with van der Waals surface area (Å²) in [6.07, 6.45) is 0. The van der Waals surface area contributed by atoms with Crippen molar-refractivity contribution in [2.45, 2.75) is 32.7 Å². The summed E-state index contributed by atoms with van der Waals surface area (Å²) in [5, 5.41) is 2.15. The molecule has 0 bridgehead atoms. The minimum absolute atomic E-state index is 0.126. The minimum Gasteiger partial charge on any atom is -0.399 e. The molecule has 2 N–H and O–H groups in total. The highest BCUT2D eigenvalue weighted by Gasteiger charge is 2.23. The number of nitrogen functional groups attached to an aromatic ring is 1. The second kappa shape index (κ2) is 6.42. The van der Waals surface area contributed by atoms with Gasteiger partial charge in [-0.25, -0.2) is 0 Å². The molecule has 1 aromatic heterocycles. The molecule has 0 aliphatic heterocycles. The summed E-state index contributed by atoms with van der Waals surface area (Å²) < 4.78 is 0. The van der Waals surface area contributed by atoms with Crippen LogP contribution in [0.15, 0.2) is 41.8 Å². The van der Waals surface area contributed by atoms with Gasteiger partial charge in [0.2, 0.25) is 0 Å². The molecule has 1 heterocycles. The summed E-state index contributed by atoms with van der Waals surface area (Å²) in [5.74, 6) is 0. The Kier molecular flexibility index (Phi) is 4.84. The van der Waals surface area contributed by atoms with Crippen molar-refractivity contribution in [2.24, 2.45) is 0 Å². The van der Waals surface area contributed by atoms with Gasteiger partial charge in [-0.05, 0) is 35.7 Å². The highest BCUT2D eigenvalue weighted by molar-refractivity contribution is 7.09. The molecule has 0 aliphatic carbocycles. The second-order valence-electron chi connectivity index (χ2n) is 5.89. The Morgan fingerprint density at radius 1 is 1.15 bits per heavy atom. The van der Waals surface area contributed by atoms with E-state index < -0.39 is 0 Å². The Morgan fingerprint density at radius 3 is 2.40 bits per heavy atom. The molecule has 2 nitrogen and oxygen atoms in total. The van der Waals surface area contributed by atoms with Crippen molar-refractivity contribution in [1.82, 2.24) is 4.90 Å².